The molecule has 0 aliphatic rings. The minimum absolute atomic E-state index is 0.193. The summed E-state index contributed by atoms with van der Waals surface area (Å²) in [6, 6.07) is 19.8. The van der Waals surface area contributed by atoms with Gasteiger partial charge in [-0.25, -0.2) is 4.98 Å². The van der Waals surface area contributed by atoms with Crippen molar-refractivity contribution in [1.82, 2.24) is 9.55 Å². The van der Waals surface area contributed by atoms with Gasteiger partial charge in [0, 0.05) is 16.8 Å². The van der Waals surface area contributed by atoms with Gasteiger partial charge in [0.25, 0.3) is 11.8 Å². The molecule has 5 nitrogen and oxygen atoms in total. The second-order valence-electron chi connectivity index (χ2n) is 6.75. The molecule has 1 heterocycles. The normalized spacial score (nSPS) is 10.8. The largest absolute Gasteiger partial charge is 0.322 e. The van der Waals surface area contributed by atoms with Crippen LogP contribution in [0.4, 0.5) is 5.69 Å². The first kappa shape index (κ1) is 17.7. The highest BCUT2D eigenvalue weighted by atomic mass is 16.2. The maximum absolute atomic E-state index is 13.0. The van der Waals surface area contributed by atoms with Crippen molar-refractivity contribution < 1.29 is 9.59 Å². The van der Waals surface area contributed by atoms with Crippen LogP contribution in [0.3, 0.4) is 0 Å². The highest BCUT2D eigenvalue weighted by Crippen LogP contribution is 2.20. The van der Waals surface area contributed by atoms with Crippen molar-refractivity contribution in [2.75, 3.05) is 5.32 Å². The quantitative estimate of drug-likeness (QED) is 0.574. The lowest BCUT2D eigenvalue weighted by molar-refractivity contribution is 0.0962. The summed E-state index contributed by atoms with van der Waals surface area (Å²) in [7, 11) is 0. The van der Waals surface area contributed by atoms with Gasteiger partial charge in [0.1, 0.15) is 6.33 Å². The van der Waals surface area contributed by atoms with E-state index in [0.29, 0.717) is 16.8 Å². The van der Waals surface area contributed by atoms with E-state index in [9.17, 15) is 9.59 Å². The van der Waals surface area contributed by atoms with Gasteiger partial charge in [-0.2, -0.15) is 0 Å². The Balaban J connectivity index is 1.63. The third-order valence-electron chi connectivity index (χ3n) is 4.78. The summed E-state index contributed by atoms with van der Waals surface area (Å²) >= 11 is 0. The van der Waals surface area contributed by atoms with Crippen LogP contribution in [-0.2, 0) is 0 Å². The number of imidazole rings is 1. The van der Waals surface area contributed by atoms with Gasteiger partial charge in [-0.05, 0) is 67.4 Å². The minimum atomic E-state index is -0.218. The van der Waals surface area contributed by atoms with Gasteiger partial charge in [0.15, 0.2) is 0 Å². The fourth-order valence-electron chi connectivity index (χ4n) is 3.09. The van der Waals surface area contributed by atoms with Gasteiger partial charge >= 0.3 is 0 Å². The zero-order valence-corrected chi connectivity index (χ0v) is 15.6. The molecule has 0 saturated heterocycles. The van der Waals surface area contributed by atoms with E-state index < -0.39 is 0 Å². The number of carbonyl (C=O) groups is 2. The van der Waals surface area contributed by atoms with Crippen molar-refractivity contribution in [2.45, 2.75) is 13.8 Å². The van der Waals surface area contributed by atoms with Crippen molar-refractivity contribution in [3.05, 3.63) is 95.3 Å². The molecule has 0 aliphatic carbocycles. The average Bonchev–Trinajstić information content (AvgIpc) is 3.11. The van der Waals surface area contributed by atoms with Crippen LogP contribution < -0.4 is 5.32 Å². The molecule has 5 heteroatoms. The molecule has 138 valence electrons. The molecule has 1 N–H and O–H groups in total. The molecule has 0 spiro atoms. The Labute approximate surface area is 162 Å². The standard InChI is InChI=1S/C23H19N3O2/c1-15-11-20-21(12-16(15)2)26(14-24-20)23(28)18-9-6-10-19(13-18)25-22(27)17-7-4-3-5-8-17/h3-14H,1-2H3,(H,25,27). The fourth-order valence-corrected chi connectivity index (χ4v) is 3.09. The van der Waals surface area contributed by atoms with E-state index in [4.69, 9.17) is 0 Å². The van der Waals surface area contributed by atoms with Gasteiger partial charge in [-0.1, -0.05) is 24.3 Å². The van der Waals surface area contributed by atoms with E-state index in [1.54, 1.807) is 47.3 Å². The summed E-state index contributed by atoms with van der Waals surface area (Å²) in [5.74, 6) is -0.411. The molecule has 3 aromatic carbocycles. The van der Waals surface area contributed by atoms with Gasteiger partial charge in [-0.15, -0.1) is 0 Å². The number of amides is 1. The van der Waals surface area contributed by atoms with Crippen molar-refractivity contribution in [3.63, 3.8) is 0 Å². The molecule has 0 unspecified atom stereocenters. The van der Waals surface area contributed by atoms with Crippen molar-refractivity contribution in [1.29, 1.82) is 0 Å². The summed E-state index contributed by atoms with van der Waals surface area (Å²) in [5, 5.41) is 2.84. The summed E-state index contributed by atoms with van der Waals surface area (Å²) in [5.41, 5.74) is 5.39. The van der Waals surface area contributed by atoms with Crippen LogP contribution in [0, 0.1) is 13.8 Å². The lowest BCUT2D eigenvalue weighted by Crippen LogP contribution is -2.14. The maximum atomic E-state index is 13.0. The van der Waals surface area contributed by atoms with E-state index in [1.807, 2.05) is 44.2 Å². The number of fused-ring (bicyclic) bond motifs is 1. The number of hydrogen-bond donors (Lipinski definition) is 1. The van der Waals surface area contributed by atoms with Gasteiger partial charge in [0.2, 0.25) is 0 Å². The molecule has 4 aromatic rings. The molecule has 0 atom stereocenters. The molecular weight excluding hydrogens is 350 g/mol. The van der Waals surface area contributed by atoms with Crippen LogP contribution in [0.25, 0.3) is 11.0 Å². The number of nitrogens with zero attached hydrogens (tertiary/aromatic N) is 2. The zero-order valence-electron chi connectivity index (χ0n) is 15.6. The summed E-state index contributed by atoms with van der Waals surface area (Å²) < 4.78 is 1.54. The molecule has 0 saturated carbocycles. The van der Waals surface area contributed by atoms with Crippen LogP contribution in [-0.4, -0.2) is 21.4 Å². The van der Waals surface area contributed by atoms with Gasteiger partial charge < -0.3 is 5.32 Å². The highest BCUT2D eigenvalue weighted by molar-refractivity contribution is 6.06. The molecule has 0 aliphatic heterocycles. The number of hydrogen-bond acceptors (Lipinski definition) is 3. The topological polar surface area (TPSA) is 64.0 Å². The molecule has 28 heavy (non-hydrogen) atoms. The maximum Gasteiger partial charge on any atom is 0.263 e. The van der Waals surface area contributed by atoms with E-state index in [0.717, 1.165) is 22.2 Å². The fraction of sp³-hybridized carbons (Fsp3) is 0.0870. The average molecular weight is 369 g/mol. The lowest BCUT2D eigenvalue weighted by atomic mass is 10.1. The number of carbonyl (C=O) groups excluding carboxylic acids is 2. The number of anilines is 1. The van der Waals surface area contributed by atoms with Crippen molar-refractivity contribution >= 4 is 28.5 Å². The summed E-state index contributed by atoms with van der Waals surface area (Å²) in [6.07, 6.45) is 1.54. The molecular formula is C23H19N3O2. The van der Waals surface area contributed by atoms with Crippen molar-refractivity contribution in [3.8, 4) is 0 Å². The Kier molecular flexibility index (Phi) is 4.49. The predicted molar refractivity (Wildman–Crippen MR) is 110 cm³/mol. The number of aryl methyl sites for hydroxylation is 2. The van der Waals surface area contributed by atoms with Crippen molar-refractivity contribution in [2.24, 2.45) is 0 Å². The second kappa shape index (κ2) is 7.12. The zero-order chi connectivity index (χ0) is 19.7. The predicted octanol–water partition coefficient (Wildman–Crippen LogP) is 4.59. The first-order chi connectivity index (χ1) is 13.5. The summed E-state index contributed by atoms with van der Waals surface area (Å²) in [4.78, 5) is 29.7. The molecule has 1 amide bonds. The number of benzene rings is 3. The third-order valence-corrected chi connectivity index (χ3v) is 4.78. The van der Waals surface area contributed by atoms with E-state index in [2.05, 4.69) is 10.3 Å². The first-order valence-corrected chi connectivity index (χ1v) is 8.98. The molecule has 4 rings (SSSR count). The van der Waals surface area contributed by atoms with Crippen LogP contribution in [0.15, 0.2) is 73.1 Å². The third kappa shape index (κ3) is 3.30. The molecule has 0 bridgehead atoms. The van der Waals surface area contributed by atoms with E-state index in [-0.39, 0.29) is 11.8 Å². The molecule has 0 fully saturated rings. The molecule has 1 aromatic heterocycles. The van der Waals surface area contributed by atoms with E-state index in [1.165, 1.54) is 0 Å². The van der Waals surface area contributed by atoms with Crippen LogP contribution in [0.1, 0.15) is 31.8 Å². The van der Waals surface area contributed by atoms with Gasteiger partial charge in [0.05, 0.1) is 11.0 Å². The number of aromatic nitrogens is 2. The number of nitrogens with one attached hydrogen (secondary N) is 1. The minimum Gasteiger partial charge on any atom is -0.322 e. The van der Waals surface area contributed by atoms with Gasteiger partial charge in [-0.3, -0.25) is 14.2 Å². The SMILES string of the molecule is Cc1cc2ncn(C(=O)c3cccc(NC(=O)c4ccccc4)c3)c2cc1C. The Morgan fingerprint density at radius 2 is 1.57 bits per heavy atom. The smallest absolute Gasteiger partial charge is 0.263 e. The van der Waals surface area contributed by atoms with Crippen LogP contribution in [0.2, 0.25) is 0 Å². The number of rotatable bonds is 3. The Bertz CT molecular complexity index is 1190. The highest BCUT2D eigenvalue weighted by Gasteiger charge is 2.14. The first-order valence-electron chi connectivity index (χ1n) is 8.98. The van der Waals surface area contributed by atoms with Crippen LogP contribution in [0.5, 0.6) is 0 Å². The Hall–Kier alpha value is -3.73. The van der Waals surface area contributed by atoms with Crippen LogP contribution >= 0.6 is 0 Å². The lowest BCUT2D eigenvalue weighted by Gasteiger charge is -2.08. The Morgan fingerprint density at radius 3 is 2.36 bits per heavy atom. The molecule has 0 radical (unpaired) electrons. The second-order valence-corrected chi connectivity index (χ2v) is 6.75. The monoisotopic (exact) mass is 369 g/mol. The van der Waals surface area contributed by atoms with E-state index >= 15 is 0 Å². The Morgan fingerprint density at radius 1 is 0.857 bits per heavy atom. The summed E-state index contributed by atoms with van der Waals surface area (Å²) in [6.45, 7) is 4.03.